The molecule has 0 radical (unpaired) electrons. The molecule has 1 amide bonds. The van der Waals surface area contributed by atoms with Gasteiger partial charge in [0.1, 0.15) is 11.9 Å². The van der Waals surface area contributed by atoms with E-state index < -0.39 is 5.60 Å². The number of benzene rings is 2. The van der Waals surface area contributed by atoms with Gasteiger partial charge in [-0.3, -0.25) is 5.01 Å². The number of rotatable bonds is 5. The molecule has 1 saturated heterocycles. The lowest BCUT2D eigenvalue weighted by molar-refractivity contribution is 0.0240. The molecule has 2 aliphatic rings. The van der Waals surface area contributed by atoms with Crippen LogP contribution in [-0.4, -0.2) is 74.0 Å². The number of hydrazone groups is 1. The number of anilines is 2. The first-order chi connectivity index (χ1) is 19.4. The normalized spacial score (nSPS) is 17.8. The number of para-hydroxylation sites is 1. The molecule has 2 aromatic heterocycles. The Morgan fingerprint density at radius 1 is 0.925 bits per heavy atom. The number of hydrogen-bond acceptors (Lipinski definition) is 8. The highest BCUT2D eigenvalue weighted by molar-refractivity contribution is 6.03. The summed E-state index contributed by atoms with van der Waals surface area (Å²) in [5.74, 6) is 0.792. The van der Waals surface area contributed by atoms with Crippen molar-refractivity contribution in [3.05, 3.63) is 78.9 Å². The number of carbonyl (C=O) groups is 1. The standard InChI is InChI=1S/C30H34N8O2/c1-30(2,3)40-29(39)36-16-14-35(15-17-36)27-26-28(32-20-31-27)37(21-33-26)19-24-18-25(22-10-6-4-7-11-22)34-38(24)23-12-8-5-9-13-23/h4-13,20-21,24H,14-19H2,1-3H3. The molecule has 0 N–H and O–H groups in total. The number of fused-ring (bicyclic) bond motifs is 1. The molecular formula is C30H34N8O2. The van der Waals surface area contributed by atoms with Gasteiger partial charge >= 0.3 is 6.09 Å². The molecule has 0 saturated carbocycles. The number of carbonyl (C=O) groups excluding carboxylic acids is 1. The van der Waals surface area contributed by atoms with Gasteiger partial charge in [0.25, 0.3) is 0 Å². The summed E-state index contributed by atoms with van der Waals surface area (Å²) in [6.45, 7) is 8.75. The van der Waals surface area contributed by atoms with E-state index in [1.54, 1.807) is 11.2 Å². The van der Waals surface area contributed by atoms with E-state index in [0.29, 0.717) is 32.7 Å². The van der Waals surface area contributed by atoms with Gasteiger partial charge in [0.15, 0.2) is 17.0 Å². The minimum Gasteiger partial charge on any atom is -0.444 e. The van der Waals surface area contributed by atoms with Crippen molar-refractivity contribution in [3.63, 3.8) is 0 Å². The maximum Gasteiger partial charge on any atom is 0.410 e. The molecule has 0 spiro atoms. The molecule has 1 atom stereocenters. The fraction of sp³-hybridized carbons (Fsp3) is 0.367. The minimum atomic E-state index is -0.512. The van der Waals surface area contributed by atoms with Gasteiger partial charge in [-0.2, -0.15) is 5.10 Å². The third-order valence-corrected chi connectivity index (χ3v) is 7.15. The van der Waals surface area contributed by atoms with E-state index in [2.05, 4.69) is 48.7 Å². The summed E-state index contributed by atoms with van der Waals surface area (Å²) in [7, 11) is 0. The predicted molar refractivity (Wildman–Crippen MR) is 156 cm³/mol. The largest absolute Gasteiger partial charge is 0.444 e. The average Bonchev–Trinajstić information content (AvgIpc) is 3.58. The third-order valence-electron chi connectivity index (χ3n) is 7.15. The smallest absolute Gasteiger partial charge is 0.410 e. The maximum atomic E-state index is 12.5. The highest BCUT2D eigenvalue weighted by Gasteiger charge is 2.31. The number of hydrogen-bond donors (Lipinski definition) is 0. The third kappa shape index (κ3) is 5.34. The van der Waals surface area contributed by atoms with E-state index in [-0.39, 0.29) is 12.1 Å². The Hall–Kier alpha value is -4.47. The van der Waals surface area contributed by atoms with E-state index in [9.17, 15) is 4.79 Å². The van der Waals surface area contributed by atoms with Crippen LogP contribution < -0.4 is 9.91 Å². The van der Waals surface area contributed by atoms with E-state index in [4.69, 9.17) is 14.8 Å². The second-order valence-corrected chi connectivity index (χ2v) is 11.2. The zero-order chi connectivity index (χ0) is 27.7. The van der Waals surface area contributed by atoms with Crippen LogP contribution in [-0.2, 0) is 11.3 Å². The molecule has 10 heteroatoms. The van der Waals surface area contributed by atoms with Crippen LogP contribution in [0.4, 0.5) is 16.3 Å². The molecule has 40 heavy (non-hydrogen) atoms. The Balaban J connectivity index is 1.21. The van der Waals surface area contributed by atoms with Crippen LogP contribution in [0.15, 0.2) is 78.4 Å². The molecule has 10 nitrogen and oxygen atoms in total. The van der Waals surface area contributed by atoms with Crippen molar-refractivity contribution in [2.45, 2.75) is 45.4 Å². The first kappa shape index (κ1) is 25.8. The summed E-state index contributed by atoms with van der Waals surface area (Å²) in [4.78, 5) is 30.4. The maximum absolute atomic E-state index is 12.5. The van der Waals surface area contributed by atoms with Gasteiger partial charge in [0, 0.05) is 39.1 Å². The molecule has 6 rings (SSSR count). The van der Waals surface area contributed by atoms with Crippen LogP contribution in [0.25, 0.3) is 11.2 Å². The van der Waals surface area contributed by atoms with E-state index in [1.165, 1.54) is 0 Å². The Morgan fingerprint density at radius 2 is 1.62 bits per heavy atom. The summed E-state index contributed by atoms with van der Waals surface area (Å²) >= 11 is 0. The molecule has 2 aliphatic heterocycles. The van der Waals surface area contributed by atoms with Crippen molar-refractivity contribution in [2.24, 2.45) is 5.10 Å². The minimum absolute atomic E-state index is 0.103. The number of piperazine rings is 1. The summed E-state index contributed by atoms with van der Waals surface area (Å²) in [6, 6.07) is 20.7. The number of aromatic nitrogens is 4. The number of ether oxygens (including phenoxy) is 1. The van der Waals surface area contributed by atoms with Gasteiger partial charge in [0.05, 0.1) is 23.8 Å². The average molecular weight is 539 g/mol. The Bertz CT molecular complexity index is 1510. The first-order valence-corrected chi connectivity index (χ1v) is 13.7. The van der Waals surface area contributed by atoms with Crippen LogP contribution in [0.3, 0.4) is 0 Å². The van der Waals surface area contributed by atoms with Crippen LogP contribution >= 0.6 is 0 Å². The Labute approximate surface area is 233 Å². The van der Waals surface area contributed by atoms with Crippen molar-refractivity contribution in [1.29, 1.82) is 0 Å². The van der Waals surface area contributed by atoms with Crippen LogP contribution in [0, 0.1) is 0 Å². The van der Waals surface area contributed by atoms with Crippen molar-refractivity contribution >= 4 is 34.5 Å². The van der Waals surface area contributed by atoms with Crippen molar-refractivity contribution in [2.75, 3.05) is 36.1 Å². The van der Waals surface area contributed by atoms with Crippen molar-refractivity contribution < 1.29 is 9.53 Å². The lowest BCUT2D eigenvalue weighted by Crippen LogP contribution is -2.50. The fourth-order valence-corrected chi connectivity index (χ4v) is 5.25. The Morgan fingerprint density at radius 3 is 2.33 bits per heavy atom. The zero-order valence-electron chi connectivity index (χ0n) is 23.1. The van der Waals surface area contributed by atoms with Crippen LogP contribution in [0.1, 0.15) is 32.8 Å². The lowest BCUT2D eigenvalue weighted by Gasteiger charge is -2.36. The molecule has 4 heterocycles. The lowest BCUT2D eigenvalue weighted by atomic mass is 10.0. The summed E-state index contributed by atoms with van der Waals surface area (Å²) in [5.41, 5.74) is 4.30. The highest BCUT2D eigenvalue weighted by Crippen LogP contribution is 2.29. The first-order valence-electron chi connectivity index (χ1n) is 13.7. The van der Waals surface area contributed by atoms with Crippen molar-refractivity contribution in [3.8, 4) is 0 Å². The molecule has 1 fully saturated rings. The van der Waals surface area contributed by atoms with E-state index in [0.717, 1.165) is 40.4 Å². The van der Waals surface area contributed by atoms with Crippen LogP contribution in [0.5, 0.6) is 0 Å². The van der Waals surface area contributed by atoms with Gasteiger partial charge in [-0.15, -0.1) is 0 Å². The molecule has 2 aromatic carbocycles. The number of nitrogens with zero attached hydrogens (tertiary/aromatic N) is 8. The molecule has 0 bridgehead atoms. The van der Waals surface area contributed by atoms with Gasteiger partial charge in [-0.1, -0.05) is 48.5 Å². The molecule has 0 aliphatic carbocycles. The van der Waals surface area contributed by atoms with Gasteiger partial charge < -0.3 is 19.1 Å². The number of amides is 1. The molecule has 206 valence electrons. The van der Waals surface area contributed by atoms with E-state index >= 15 is 0 Å². The monoisotopic (exact) mass is 538 g/mol. The fourth-order valence-electron chi connectivity index (χ4n) is 5.25. The highest BCUT2D eigenvalue weighted by atomic mass is 16.6. The Kier molecular flexibility index (Phi) is 6.83. The molecular weight excluding hydrogens is 504 g/mol. The van der Waals surface area contributed by atoms with Gasteiger partial charge in [0.2, 0.25) is 0 Å². The second-order valence-electron chi connectivity index (χ2n) is 11.2. The molecule has 1 unspecified atom stereocenters. The quantitative estimate of drug-likeness (QED) is 0.368. The topological polar surface area (TPSA) is 92.0 Å². The zero-order valence-corrected chi connectivity index (χ0v) is 23.1. The van der Waals surface area contributed by atoms with Gasteiger partial charge in [-0.25, -0.2) is 19.7 Å². The SMILES string of the molecule is CC(C)(C)OC(=O)N1CCN(c2ncnc3c2ncn3CC2CC(c3ccccc3)=NN2c2ccccc2)CC1. The second kappa shape index (κ2) is 10.6. The van der Waals surface area contributed by atoms with Crippen molar-refractivity contribution in [1.82, 2.24) is 24.4 Å². The summed E-state index contributed by atoms with van der Waals surface area (Å²) < 4.78 is 7.64. The summed E-state index contributed by atoms with van der Waals surface area (Å²) in [5, 5.41) is 7.16. The summed E-state index contributed by atoms with van der Waals surface area (Å²) in [6.07, 6.45) is 3.99. The van der Waals surface area contributed by atoms with Crippen LogP contribution in [0.2, 0.25) is 0 Å². The number of imidazole rings is 1. The van der Waals surface area contributed by atoms with Gasteiger partial charge in [-0.05, 0) is 38.5 Å². The van der Waals surface area contributed by atoms with E-state index in [1.807, 2.05) is 63.5 Å². The predicted octanol–water partition coefficient (Wildman–Crippen LogP) is 4.57. The molecule has 4 aromatic rings.